The molecular formula is C9H16S. The standard InChI is InChI=1S/C9H16S/c1-7-4-5-9(3,6-10)8(7)2/h7,10H,2,4-6H2,1,3H3. The Bertz CT molecular complexity index is 151. The van der Waals surface area contributed by atoms with Crippen molar-refractivity contribution in [3.63, 3.8) is 0 Å². The first kappa shape index (κ1) is 8.19. The van der Waals surface area contributed by atoms with Crippen LogP contribution < -0.4 is 0 Å². The smallest absolute Gasteiger partial charge is 0.000643 e. The molecule has 0 aromatic carbocycles. The monoisotopic (exact) mass is 156 g/mol. The Morgan fingerprint density at radius 2 is 2.40 bits per heavy atom. The fourth-order valence-corrected chi connectivity index (χ4v) is 2.01. The maximum Gasteiger partial charge on any atom is -0.000643 e. The highest BCUT2D eigenvalue weighted by molar-refractivity contribution is 7.80. The molecule has 0 saturated heterocycles. The topological polar surface area (TPSA) is 0 Å². The molecule has 1 aliphatic carbocycles. The van der Waals surface area contributed by atoms with E-state index in [1.54, 1.807) is 0 Å². The van der Waals surface area contributed by atoms with Gasteiger partial charge in [0.05, 0.1) is 0 Å². The Kier molecular flexibility index (Phi) is 2.14. The third-order valence-electron chi connectivity index (χ3n) is 2.85. The molecule has 1 aliphatic rings. The Morgan fingerprint density at radius 1 is 1.80 bits per heavy atom. The molecule has 0 aromatic heterocycles. The molecule has 0 aliphatic heterocycles. The molecule has 10 heavy (non-hydrogen) atoms. The van der Waals surface area contributed by atoms with E-state index in [-0.39, 0.29) is 0 Å². The van der Waals surface area contributed by atoms with Crippen molar-refractivity contribution in [3.05, 3.63) is 12.2 Å². The molecule has 0 aromatic rings. The lowest BCUT2D eigenvalue weighted by atomic mass is 9.86. The lowest BCUT2D eigenvalue weighted by Gasteiger charge is -2.23. The first-order chi connectivity index (χ1) is 4.60. The zero-order valence-electron chi connectivity index (χ0n) is 6.85. The average Bonchev–Trinajstić information content (AvgIpc) is 2.19. The second-order valence-electron chi connectivity index (χ2n) is 3.68. The highest BCUT2D eigenvalue weighted by atomic mass is 32.1. The number of hydrogen-bond acceptors (Lipinski definition) is 1. The maximum absolute atomic E-state index is 4.34. The summed E-state index contributed by atoms with van der Waals surface area (Å²) in [4.78, 5) is 0. The maximum atomic E-state index is 4.34. The minimum absolute atomic E-state index is 0.336. The van der Waals surface area contributed by atoms with Gasteiger partial charge in [-0.1, -0.05) is 26.0 Å². The molecule has 0 bridgehead atoms. The summed E-state index contributed by atoms with van der Waals surface area (Å²) < 4.78 is 0. The largest absolute Gasteiger partial charge is 0.178 e. The lowest BCUT2D eigenvalue weighted by Crippen LogP contribution is -2.16. The summed E-state index contributed by atoms with van der Waals surface area (Å²) in [6.07, 6.45) is 2.58. The molecule has 0 nitrogen and oxygen atoms in total. The summed E-state index contributed by atoms with van der Waals surface area (Å²) in [6.45, 7) is 8.64. The van der Waals surface area contributed by atoms with Crippen LogP contribution in [0.1, 0.15) is 26.7 Å². The predicted octanol–water partition coefficient (Wildman–Crippen LogP) is 2.91. The fraction of sp³-hybridized carbons (Fsp3) is 0.778. The minimum atomic E-state index is 0.336. The van der Waals surface area contributed by atoms with E-state index in [4.69, 9.17) is 0 Å². The molecule has 0 radical (unpaired) electrons. The number of rotatable bonds is 1. The van der Waals surface area contributed by atoms with E-state index in [0.29, 0.717) is 5.41 Å². The Balaban J connectivity index is 2.73. The van der Waals surface area contributed by atoms with Crippen LogP contribution in [0.5, 0.6) is 0 Å². The van der Waals surface area contributed by atoms with Crippen LogP contribution in [0, 0.1) is 11.3 Å². The first-order valence-electron chi connectivity index (χ1n) is 3.90. The van der Waals surface area contributed by atoms with E-state index < -0.39 is 0 Å². The predicted molar refractivity (Wildman–Crippen MR) is 49.5 cm³/mol. The van der Waals surface area contributed by atoms with E-state index in [2.05, 4.69) is 33.1 Å². The highest BCUT2D eigenvalue weighted by Gasteiger charge is 2.35. The number of allylic oxidation sites excluding steroid dienone is 1. The van der Waals surface area contributed by atoms with Crippen molar-refractivity contribution in [1.82, 2.24) is 0 Å². The number of thiol groups is 1. The van der Waals surface area contributed by atoms with Gasteiger partial charge >= 0.3 is 0 Å². The van der Waals surface area contributed by atoms with Gasteiger partial charge in [0.25, 0.3) is 0 Å². The van der Waals surface area contributed by atoms with E-state index in [1.807, 2.05) is 0 Å². The summed E-state index contributed by atoms with van der Waals surface area (Å²) in [7, 11) is 0. The summed E-state index contributed by atoms with van der Waals surface area (Å²) in [6, 6.07) is 0. The Labute approximate surface area is 69.1 Å². The summed E-state index contributed by atoms with van der Waals surface area (Å²) >= 11 is 4.34. The van der Waals surface area contributed by atoms with Crippen LogP contribution in [0.4, 0.5) is 0 Å². The van der Waals surface area contributed by atoms with Crippen molar-refractivity contribution in [3.8, 4) is 0 Å². The number of hydrogen-bond donors (Lipinski definition) is 1. The van der Waals surface area contributed by atoms with Crippen LogP contribution in [0.3, 0.4) is 0 Å². The van der Waals surface area contributed by atoms with Gasteiger partial charge in [-0.3, -0.25) is 0 Å². The van der Waals surface area contributed by atoms with Crippen LogP contribution in [-0.2, 0) is 0 Å². The van der Waals surface area contributed by atoms with Crippen molar-refractivity contribution in [2.45, 2.75) is 26.7 Å². The molecule has 1 saturated carbocycles. The summed E-state index contributed by atoms with van der Waals surface area (Å²) in [5.41, 5.74) is 1.74. The minimum Gasteiger partial charge on any atom is -0.178 e. The highest BCUT2D eigenvalue weighted by Crippen LogP contribution is 2.45. The van der Waals surface area contributed by atoms with Crippen LogP contribution in [-0.4, -0.2) is 5.75 Å². The molecule has 2 atom stereocenters. The molecule has 1 fully saturated rings. The second kappa shape index (κ2) is 2.61. The van der Waals surface area contributed by atoms with Gasteiger partial charge in [-0.25, -0.2) is 0 Å². The normalized spacial score (nSPS) is 40.7. The second-order valence-corrected chi connectivity index (χ2v) is 4.00. The van der Waals surface area contributed by atoms with Gasteiger partial charge in [-0.2, -0.15) is 12.6 Å². The van der Waals surface area contributed by atoms with Crippen LogP contribution >= 0.6 is 12.6 Å². The molecule has 0 spiro atoms. The Hall–Kier alpha value is 0.0900. The van der Waals surface area contributed by atoms with E-state index in [1.165, 1.54) is 18.4 Å². The van der Waals surface area contributed by atoms with E-state index in [9.17, 15) is 0 Å². The van der Waals surface area contributed by atoms with Gasteiger partial charge < -0.3 is 0 Å². The van der Waals surface area contributed by atoms with E-state index >= 15 is 0 Å². The van der Waals surface area contributed by atoms with Gasteiger partial charge in [0.15, 0.2) is 0 Å². The lowest BCUT2D eigenvalue weighted by molar-refractivity contribution is 0.474. The third-order valence-corrected chi connectivity index (χ3v) is 3.55. The average molecular weight is 156 g/mol. The van der Waals surface area contributed by atoms with Gasteiger partial charge in [0.1, 0.15) is 0 Å². The van der Waals surface area contributed by atoms with E-state index in [0.717, 1.165) is 11.7 Å². The van der Waals surface area contributed by atoms with Gasteiger partial charge in [0, 0.05) is 0 Å². The zero-order chi connectivity index (χ0) is 7.78. The fourth-order valence-electron chi connectivity index (χ4n) is 1.65. The summed E-state index contributed by atoms with van der Waals surface area (Å²) in [5, 5.41) is 0. The van der Waals surface area contributed by atoms with Gasteiger partial charge in [0.2, 0.25) is 0 Å². The van der Waals surface area contributed by atoms with Crippen molar-refractivity contribution in [1.29, 1.82) is 0 Å². The molecular weight excluding hydrogens is 140 g/mol. The molecule has 2 unspecified atom stereocenters. The molecule has 0 amide bonds. The molecule has 1 rings (SSSR count). The Morgan fingerprint density at radius 3 is 2.60 bits per heavy atom. The quantitative estimate of drug-likeness (QED) is 0.438. The van der Waals surface area contributed by atoms with Crippen LogP contribution in [0.15, 0.2) is 12.2 Å². The van der Waals surface area contributed by atoms with Gasteiger partial charge in [-0.05, 0) is 29.9 Å². The van der Waals surface area contributed by atoms with Gasteiger partial charge in [-0.15, -0.1) is 0 Å². The van der Waals surface area contributed by atoms with Crippen molar-refractivity contribution < 1.29 is 0 Å². The SMILES string of the molecule is C=C1C(C)CCC1(C)CS. The molecule has 58 valence electrons. The molecule has 1 heteroatoms. The zero-order valence-corrected chi connectivity index (χ0v) is 7.75. The molecule has 0 N–H and O–H groups in total. The first-order valence-corrected chi connectivity index (χ1v) is 4.53. The van der Waals surface area contributed by atoms with Crippen molar-refractivity contribution in [2.75, 3.05) is 5.75 Å². The van der Waals surface area contributed by atoms with Crippen LogP contribution in [0.25, 0.3) is 0 Å². The molecule has 0 heterocycles. The third kappa shape index (κ3) is 1.12. The van der Waals surface area contributed by atoms with Crippen molar-refractivity contribution >= 4 is 12.6 Å². The van der Waals surface area contributed by atoms with Crippen LogP contribution in [0.2, 0.25) is 0 Å². The van der Waals surface area contributed by atoms with Crippen molar-refractivity contribution in [2.24, 2.45) is 11.3 Å². The summed E-state index contributed by atoms with van der Waals surface area (Å²) in [5.74, 6) is 1.67.